The van der Waals surface area contributed by atoms with Crippen molar-refractivity contribution in [2.75, 3.05) is 34.8 Å². The second kappa shape index (κ2) is 9.17. The van der Waals surface area contributed by atoms with Crippen LogP contribution in [0.1, 0.15) is 26.3 Å². The molecule has 3 aromatic rings. The smallest absolute Gasteiger partial charge is 0.249 e. The Labute approximate surface area is 167 Å². The molecule has 3 rings (SSSR count). The van der Waals surface area contributed by atoms with Crippen LogP contribution in [0.5, 0.6) is 0 Å². The van der Waals surface area contributed by atoms with Gasteiger partial charge in [0.25, 0.3) is 0 Å². The second-order valence-corrected chi connectivity index (χ2v) is 6.51. The number of hydrogen-bond acceptors (Lipinski definition) is 6. The van der Waals surface area contributed by atoms with Gasteiger partial charge in [-0.15, -0.1) is 5.10 Å². The van der Waals surface area contributed by atoms with Gasteiger partial charge in [0.1, 0.15) is 0 Å². The Bertz CT molecular complexity index is 893. The van der Waals surface area contributed by atoms with E-state index in [2.05, 4.69) is 88.3 Å². The first-order valence-corrected chi connectivity index (χ1v) is 9.81. The van der Waals surface area contributed by atoms with E-state index in [4.69, 9.17) is 0 Å². The van der Waals surface area contributed by atoms with E-state index < -0.39 is 0 Å². The van der Waals surface area contributed by atoms with Gasteiger partial charge in [0.15, 0.2) is 5.82 Å². The molecule has 6 nitrogen and oxygen atoms in total. The summed E-state index contributed by atoms with van der Waals surface area (Å²) in [6.07, 6.45) is 1.69. The Morgan fingerprint density at radius 3 is 2.29 bits per heavy atom. The van der Waals surface area contributed by atoms with E-state index in [1.54, 1.807) is 6.20 Å². The van der Waals surface area contributed by atoms with Crippen molar-refractivity contribution in [1.82, 2.24) is 15.2 Å². The van der Waals surface area contributed by atoms with Gasteiger partial charge >= 0.3 is 0 Å². The molecule has 0 aliphatic carbocycles. The lowest BCUT2D eigenvalue weighted by molar-refractivity contribution is 0.865. The van der Waals surface area contributed by atoms with Gasteiger partial charge in [-0.1, -0.05) is 18.2 Å². The van der Waals surface area contributed by atoms with Gasteiger partial charge in [0.05, 0.1) is 6.20 Å². The van der Waals surface area contributed by atoms with Crippen molar-refractivity contribution in [3.8, 4) is 0 Å². The fraction of sp³-hybridized carbons (Fsp3) is 0.318. The van der Waals surface area contributed by atoms with Crippen LogP contribution >= 0.6 is 0 Å². The summed E-state index contributed by atoms with van der Waals surface area (Å²) in [6.45, 7) is 11.3. The van der Waals surface area contributed by atoms with Crippen LogP contribution in [-0.2, 0) is 0 Å². The largest absolute Gasteiger partial charge is 0.372 e. The van der Waals surface area contributed by atoms with Crippen molar-refractivity contribution in [3.63, 3.8) is 0 Å². The monoisotopic (exact) mass is 376 g/mol. The standard InChI is InChI=1S/C22H28N6/c1-5-27(6-2)19-13-14-20(17(4)15-19)24-22-25-21(16-23-26-22)28(7-3)18-11-9-8-10-12-18/h8-16H,5-7H2,1-4H3,(H,24,25,26). The topological polar surface area (TPSA) is 57.2 Å². The third-order valence-electron chi connectivity index (χ3n) is 4.79. The SMILES string of the molecule is CCN(CC)c1ccc(Nc2nncc(N(CC)c3ccccc3)n2)c(C)c1. The first-order valence-electron chi connectivity index (χ1n) is 9.81. The summed E-state index contributed by atoms with van der Waals surface area (Å²) < 4.78 is 0. The number of benzene rings is 2. The fourth-order valence-electron chi connectivity index (χ4n) is 3.26. The molecule has 28 heavy (non-hydrogen) atoms. The molecule has 0 atom stereocenters. The van der Waals surface area contributed by atoms with E-state index in [9.17, 15) is 0 Å². The van der Waals surface area contributed by atoms with E-state index in [0.717, 1.165) is 42.4 Å². The van der Waals surface area contributed by atoms with Crippen molar-refractivity contribution >= 4 is 28.8 Å². The minimum absolute atomic E-state index is 0.491. The molecule has 0 aliphatic rings. The summed E-state index contributed by atoms with van der Waals surface area (Å²) in [5.41, 5.74) is 4.43. The maximum atomic E-state index is 4.68. The van der Waals surface area contributed by atoms with E-state index >= 15 is 0 Å². The summed E-state index contributed by atoms with van der Waals surface area (Å²) in [5.74, 6) is 1.26. The Balaban J connectivity index is 1.83. The number of aromatic nitrogens is 3. The molecule has 0 saturated heterocycles. The average molecular weight is 377 g/mol. The van der Waals surface area contributed by atoms with Gasteiger partial charge in [0.2, 0.25) is 5.95 Å². The third kappa shape index (κ3) is 4.39. The quantitative estimate of drug-likeness (QED) is 0.602. The Hall–Kier alpha value is -3.15. The lowest BCUT2D eigenvalue weighted by atomic mass is 10.1. The minimum atomic E-state index is 0.491. The van der Waals surface area contributed by atoms with Crippen LogP contribution in [0, 0.1) is 6.92 Å². The molecular weight excluding hydrogens is 348 g/mol. The highest BCUT2D eigenvalue weighted by Gasteiger charge is 2.11. The second-order valence-electron chi connectivity index (χ2n) is 6.51. The van der Waals surface area contributed by atoms with Crippen molar-refractivity contribution < 1.29 is 0 Å². The van der Waals surface area contributed by atoms with E-state index in [1.807, 2.05) is 18.2 Å². The van der Waals surface area contributed by atoms with Gasteiger partial charge in [-0.05, 0) is 63.6 Å². The number of nitrogens with one attached hydrogen (secondary N) is 1. The maximum Gasteiger partial charge on any atom is 0.249 e. The van der Waals surface area contributed by atoms with Crippen molar-refractivity contribution in [2.24, 2.45) is 0 Å². The molecule has 0 bridgehead atoms. The van der Waals surface area contributed by atoms with Crippen molar-refractivity contribution in [3.05, 3.63) is 60.3 Å². The molecule has 1 heterocycles. The van der Waals surface area contributed by atoms with E-state index in [1.165, 1.54) is 5.69 Å². The molecule has 0 unspecified atom stereocenters. The Kier molecular flexibility index (Phi) is 6.42. The Morgan fingerprint density at radius 1 is 0.893 bits per heavy atom. The predicted octanol–water partition coefficient (Wildman–Crippen LogP) is 4.93. The van der Waals surface area contributed by atoms with Crippen LogP contribution in [0.2, 0.25) is 0 Å². The van der Waals surface area contributed by atoms with Gasteiger partial charge in [-0.25, -0.2) is 0 Å². The summed E-state index contributed by atoms with van der Waals surface area (Å²) >= 11 is 0. The van der Waals surface area contributed by atoms with Gasteiger partial charge < -0.3 is 15.1 Å². The zero-order valence-corrected chi connectivity index (χ0v) is 17.1. The van der Waals surface area contributed by atoms with Gasteiger partial charge in [0, 0.05) is 36.7 Å². The average Bonchev–Trinajstić information content (AvgIpc) is 2.73. The zero-order chi connectivity index (χ0) is 19.9. The molecule has 6 heteroatoms. The number of para-hydroxylation sites is 1. The van der Waals surface area contributed by atoms with E-state index in [-0.39, 0.29) is 0 Å². The summed E-state index contributed by atoms with van der Waals surface area (Å²) in [5, 5.41) is 11.6. The highest BCUT2D eigenvalue weighted by molar-refractivity contribution is 5.65. The zero-order valence-electron chi connectivity index (χ0n) is 17.1. The lowest BCUT2D eigenvalue weighted by Gasteiger charge is -2.23. The van der Waals surface area contributed by atoms with Crippen LogP contribution in [0.15, 0.2) is 54.7 Å². The number of aryl methyl sites for hydroxylation is 1. The third-order valence-corrected chi connectivity index (χ3v) is 4.79. The number of rotatable bonds is 8. The highest BCUT2D eigenvalue weighted by atomic mass is 15.3. The summed E-state index contributed by atoms with van der Waals surface area (Å²) in [7, 11) is 0. The van der Waals surface area contributed by atoms with Crippen LogP contribution in [-0.4, -0.2) is 34.8 Å². The molecule has 2 aromatic carbocycles. The molecule has 1 N–H and O–H groups in total. The predicted molar refractivity (Wildman–Crippen MR) is 117 cm³/mol. The first-order chi connectivity index (χ1) is 13.7. The molecule has 0 amide bonds. The molecule has 146 valence electrons. The molecule has 0 saturated carbocycles. The molecule has 0 spiro atoms. The molecule has 1 aromatic heterocycles. The van der Waals surface area contributed by atoms with Crippen LogP contribution < -0.4 is 15.1 Å². The fourth-order valence-corrected chi connectivity index (χ4v) is 3.26. The van der Waals surface area contributed by atoms with E-state index in [0.29, 0.717) is 5.95 Å². The molecular formula is C22H28N6. The van der Waals surface area contributed by atoms with Gasteiger partial charge in [-0.2, -0.15) is 10.1 Å². The number of anilines is 5. The summed E-state index contributed by atoms with van der Waals surface area (Å²) in [6, 6.07) is 16.6. The van der Waals surface area contributed by atoms with Gasteiger partial charge in [-0.3, -0.25) is 0 Å². The maximum absolute atomic E-state index is 4.68. The highest BCUT2D eigenvalue weighted by Crippen LogP contribution is 2.26. The number of nitrogens with zero attached hydrogens (tertiary/aromatic N) is 5. The molecule has 0 aliphatic heterocycles. The molecule has 0 fully saturated rings. The minimum Gasteiger partial charge on any atom is -0.372 e. The summed E-state index contributed by atoms with van der Waals surface area (Å²) in [4.78, 5) is 9.11. The number of hydrogen-bond donors (Lipinski definition) is 1. The van der Waals surface area contributed by atoms with Crippen LogP contribution in [0.4, 0.5) is 28.8 Å². The van der Waals surface area contributed by atoms with Crippen LogP contribution in [0.3, 0.4) is 0 Å². The normalized spacial score (nSPS) is 10.6. The first kappa shape index (κ1) is 19.6. The van der Waals surface area contributed by atoms with Crippen molar-refractivity contribution in [1.29, 1.82) is 0 Å². The van der Waals surface area contributed by atoms with Crippen molar-refractivity contribution in [2.45, 2.75) is 27.7 Å². The Morgan fingerprint density at radius 2 is 1.64 bits per heavy atom. The van der Waals surface area contributed by atoms with Crippen LogP contribution in [0.25, 0.3) is 0 Å². The molecule has 0 radical (unpaired) electrons. The lowest BCUT2D eigenvalue weighted by Crippen LogP contribution is -2.21.